The highest BCUT2D eigenvalue weighted by atomic mass is 16.3. The van der Waals surface area contributed by atoms with E-state index in [1.54, 1.807) is 25.2 Å². The third-order valence-electron chi connectivity index (χ3n) is 5.90. The highest BCUT2D eigenvalue weighted by molar-refractivity contribution is 5.97. The average molecular weight is 441 g/mol. The topological polar surface area (TPSA) is 142 Å². The quantitative estimate of drug-likeness (QED) is 0.445. The first-order valence-corrected chi connectivity index (χ1v) is 10.9. The second kappa shape index (κ2) is 9.52. The van der Waals surface area contributed by atoms with E-state index in [4.69, 9.17) is 5.73 Å². The predicted molar refractivity (Wildman–Crippen MR) is 124 cm³/mol. The number of hydrogen-bond donors (Lipinski definition) is 5. The van der Waals surface area contributed by atoms with Crippen LogP contribution in [0.2, 0.25) is 0 Å². The monoisotopic (exact) mass is 440 g/mol. The number of aromatic nitrogens is 2. The Morgan fingerprint density at radius 2 is 1.91 bits per heavy atom. The number of nitrogens with zero attached hydrogens (tertiary/aromatic N) is 2. The van der Waals surface area contributed by atoms with Crippen molar-refractivity contribution in [3.8, 4) is 0 Å². The van der Waals surface area contributed by atoms with Crippen molar-refractivity contribution in [1.82, 2.24) is 15.3 Å². The van der Waals surface area contributed by atoms with Crippen LogP contribution in [0.1, 0.15) is 71.6 Å². The molecular formula is C23H32N6O3. The van der Waals surface area contributed by atoms with Crippen molar-refractivity contribution >= 4 is 29.1 Å². The van der Waals surface area contributed by atoms with Gasteiger partial charge in [0, 0.05) is 24.3 Å². The zero-order chi connectivity index (χ0) is 23.5. The molecule has 3 rings (SSSR count). The van der Waals surface area contributed by atoms with E-state index in [0.29, 0.717) is 42.0 Å². The molecule has 1 saturated carbocycles. The van der Waals surface area contributed by atoms with E-state index in [-0.39, 0.29) is 23.5 Å². The molecule has 1 heterocycles. The van der Waals surface area contributed by atoms with Crippen LogP contribution in [0.4, 0.5) is 17.3 Å². The summed E-state index contributed by atoms with van der Waals surface area (Å²) in [5.41, 5.74) is 7.69. The van der Waals surface area contributed by atoms with Gasteiger partial charge in [-0.2, -0.15) is 0 Å². The fraction of sp³-hybridized carbons (Fsp3) is 0.478. The lowest BCUT2D eigenvalue weighted by molar-refractivity contribution is 0.0196. The van der Waals surface area contributed by atoms with E-state index in [1.807, 2.05) is 20.8 Å². The molecule has 0 spiro atoms. The van der Waals surface area contributed by atoms with Gasteiger partial charge in [-0.05, 0) is 69.7 Å². The highest BCUT2D eigenvalue weighted by Crippen LogP contribution is 2.31. The first-order chi connectivity index (χ1) is 15.1. The summed E-state index contributed by atoms with van der Waals surface area (Å²) in [7, 11) is 1.58. The van der Waals surface area contributed by atoms with E-state index in [2.05, 4.69) is 25.9 Å². The molecule has 9 heteroatoms. The maximum Gasteiger partial charge on any atom is 0.271 e. The minimum absolute atomic E-state index is 0.0620. The molecule has 0 bridgehead atoms. The Bertz CT molecular complexity index is 1010. The minimum atomic E-state index is -0.673. The largest absolute Gasteiger partial charge is 0.390 e. The molecule has 1 aliphatic carbocycles. The number of rotatable bonds is 7. The van der Waals surface area contributed by atoms with Gasteiger partial charge in [0.15, 0.2) is 11.5 Å². The number of aryl methyl sites for hydroxylation is 2. The minimum Gasteiger partial charge on any atom is -0.390 e. The molecule has 0 saturated heterocycles. The summed E-state index contributed by atoms with van der Waals surface area (Å²) in [5.74, 6) is 0.0166. The molecule has 9 nitrogen and oxygen atoms in total. The number of aliphatic hydroxyl groups is 1. The number of nitrogens with two attached hydrogens (primary N) is 1. The van der Waals surface area contributed by atoms with Gasteiger partial charge < -0.3 is 26.8 Å². The summed E-state index contributed by atoms with van der Waals surface area (Å²) < 4.78 is 0. The number of benzene rings is 1. The van der Waals surface area contributed by atoms with Crippen molar-refractivity contribution in [2.75, 3.05) is 17.7 Å². The number of anilines is 3. The number of carbonyl (C=O) groups excluding carboxylic acids is 2. The molecule has 1 aromatic heterocycles. The second-order valence-corrected chi connectivity index (χ2v) is 8.58. The first kappa shape index (κ1) is 23.5. The van der Waals surface area contributed by atoms with E-state index in [1.165, 1.54) is 0 Å². The zero-order valence-corrected chi connectivity index (χ0v) is 19.1. The van der Waals surface area contributed by atoms with Gasteiger partial charge in [0.2, 0.25) is 0 Å². The summed E-state index contributed by atoms with van der Waals surface area (Å²) in [5, 5.41) is 19.4. The lowest BCUT2D eigenvalue weighted by Gasteiger charge is -2.34. The molecule has 2 aromatic rings. The van der Waals surface area contributed by atoms with E-state index in [0.717, 1.165) is 18.4 Å². The van der Waals surface area contributed by atoms with E-state index in [9.17, 15) is 14.7 Å². The van der Waals surface area contributed by atoms with Crippen LogP contribution in [0.3, 0.4) is 0 Å². The first-order valence-electron chi connectivity index (χ1n) is 10.9. The van der Waals surface area contributed by atoms with Gasteiger partial charge in [0.05, 0.1) is 11.3 Å². The van der Waals surface area contributed by atoms with Gasteiger partial charge >= 0.3 is 0 Å². The average Bonchev–Trinajstić information content (AvgIpc) is 2.74. The van der Waals surface area contributed by atoms with E-state index >= 15 is 0 Å². The fourth-order valence-electron chi connectivity index (χ4n) is 3.94. The van der Waals surface area contributed by atoms with Gasteiger partial charge in [0.25, 0.3) is 11.8 Å². The Labute approximate surface area is 188 Å². The maximum atomic E-state index is 12.1. The molecule has 2 amide bonds. The summed E-state index contributed by atoms with van der Waals surface area (Å²) in [6, 6.07) is 5.42. The van der Waals surface area contributed by atoms with Crippen molar-refractivity contribution in [3.63, 3.8) is 0 Å². The number of primary amides is 1. The molecule has 0 radical (unpaired) electrons. The van der Waals surface area contributed by atoms with Crippen molar-refractivity contribution in [2.45, 2.75) is 64.5 Å². The standard InChI is InChI=1S/C23H32N6O3/c1-5-17-20(26-14-8-10-23(3,32)11-9-14)29-21(18(28-17)19(24)30)27-15-6-7-16(13(2)12-15)22(31)25-4/h6-7,12,14,32H,5,8-11H2,1-4H3,(H2,24,30)(H,25,31)(H2,26,27,29). The van der Waals surface area contributed by atoms with Crippen molar-refractivity contribution in [1.29, 1.82) is 0 Å². The Kier molecular flexibility index (Phi) is 6.98. The SMILES string of the molecule is CCc1nc(C(N)=O)c(Nc2ccc(C(=O)NC)c(C)c2)nc1NC1CCC(C)(O)CC1. The molecule has 172 valence electrons. The molecule has 6 N–H and O–H groups in total. The number of nitrogens with one attached hydrogen (secondary N) is 3. The lowest BCUT2D eigenvalue weighted by atomic mass is 9.83. The Balaban J connectivity index is 1.91. The summed E-state index contributed by atoms with van der Waals surface area (Å²) in [6.07, 6.45) is 3.64. The van der Waals surface area contributed by atoms with E-state index < -0.39 is 11.5 Å². The molecule has 0 unspecified atom stereocenters. The van der Waals surface area contributed by atoms with Crippen molar-refractivity contribution in [3.05, 3.63) is 40.7 Å². The second-order valence-electron chi connectivity index (χ2n) is 8.58. The molecule has 32 heavy (non-hydrogen) atoms. The highest BCUT2D eigenvalue weighted by Gasteiger charge is 2.29. The lowest BCUT2D eigenvalue weighted by Crippen LogP contribution is -2.36. The molecule has 1 fully saturated rings. The summed E-state index contributed by atoms with van der Waals surface area (Å²) in [4.78, 5) is 33.2. The number of amides is 2. The van der Waals surface area contributed by atoms with Gasteiger partial charge in [0.1, 0.15) is 5.82 Å². The van der Waals surface area contributed by atoms with Crippen LogP contribution in [0, 0.1) is 6.92 Å². The van der Waals surface area contributed by atoms with Gasteiger partial charge in [-0.1, -0.05) is 6.92 Å². The van der Waals surface area contributed by atoms with Gasteiger partial charge in [-0.3, -0.25) is 9.59 Å². The predicted octanol–water partition coefficient (Wildman–Crippen LogP) is 2.66. The van der Waals surface area contributed by atoms with Gasteiger partial charge in [-0.25, -0.2) is 9.97 Å². The van der Waals surface area contributed by atoms with Crippen molar-refractivity contribution in [2.24, 2.45) is 5.73 Å². The third kappa shape index (κ3) is 5.34. The molecule has 0 aliphatic heterocycles. The summed E-state index contributed by atoms with van der Waals surface area (Å²) >= 11 is 0. The maximum absolute atomic E-state index is 12.1. The number of hydrogen-bond acceptors (Lipinski definition) is 7. The van der Waals surface area contributed by atoms with Gasteiger partial charge in [-0.15, -0.1) is 0 Å². The zero-order valence-electron chi connectivity index (χ0n) is 19.1. The van der Waals surface area contributed by atoms with Crippen LogP contribution < -0.4 is 21.7 Å². The molecular weight excluding hydrogens is 408 g/mol. The Morgan fingerprint density at radius 1 is 1.22 bits per heavy atom. The smallest absolute Gasteiger partial charge is 0.271 e. The van der Waals surface area contributed by atoms with Crippen LogP contribution in [0.15, 0.2) is 18.2 Å². The number of carbonyl (C=O) groups is 2. The van der Waals surface area contributed by atoms with Crippen LogP contribution in [-0.4, -0.2) is 45.6 Å². The summed E-state index contributed by atoms with van der Waals surface area (Å²) in [6.45, 7) is 5.64. The molecule has 0 atom stereocenters. The van der Waals surface area contributed by atoms with Crippen LogP contribution >= 0.6 is 0 Å². The Hall–Kier alpha value is -3.20. The third-order valence-corrected chi connectivity index (χ3v) is 5.90. The Morgan fingerprint density at radius 3 is 2.47 bits per heavy atom. The van der Waals surface area contributed by atoms with Crippen LogP contribution in [-0.2, 0) is 6.42 Å². The fourth-order valence-corrected chi connectivity index (χ4v) is 3.94. The van der Waals surface area contributed by atoms with Crippen LogP contribution in [0.25, 0.3) is 0 Å². The van der Waals surface area contributed by atoms with Crippen molar-refractivity contribution < 1.29 is 14.7 Å². The molecule has 1 aromatic carbocycles. The normalized spacial score (nSPS) is 20.5. The molecule has 1 aliphatic rings. The van der Waals surface area contributed by atoms with Crippen LogP contribution in [0.5, 0.6) is 0 Å².